The molecule has 7 heteroatoms. The van der Waals surface area contributed by atoms with E-state index in [4.69, 9.17) is 0 Å². The molecule has 116 valence electrons. The fourth-order valence-corrected chi connectivity index (χ4v) is 2.37. The van der Waals surface area contributed by atoms with Crippen molar-refractivity contribution < 1.29 is 10.0 Å². The molecule has 21 heavy (non-hydrogen) atoms. The zero-order chi connectivity index (χ0) is 15.4. The van der Waals surface area contributed by atoms with Gasteiger partial charge in [0.05, 0.1) is 23.2 Å². The van der Waals surface area contributed by atoms with Gasteiger partial charge in [-0.3, -0.25) is 10.1 Å². The summed E-state index contributed by atoms with van der Waals surface area (Å²) in [6.45, 7) is 5.96. The molecule has 2 unspecified atom stereocenters. The molecule has 1 aliphatic rings. The normalized spacial score (nSPS) is 22.1. The molecule has 2 rings (SSSR count). The second kappa shape index (κ2) is 6.71. The van der Waals surface area contributed by atoms with Crippen LogP contribution in [0, 0.1) is 16.0 Å². The van der Waals surface area contributed by atoms with Crippen LogP contribution in [0.25, 0.3) is 0 Å². The Balaban J connectivity index is 2.25. The summed E-state index contributed by atoms with van der Waals surface area (Å²) >= 11 is 0. The van der Waals surface area contributed by atoms with E-state index >= 15 is 0 Å². The van der Waals surface area contributed by atoms with Crippen molar-refractivity contribution in [2.24, 2.45) is 5.92 Å². The van der Waals surface area contributed by atoms with Crippen LogP contribution in [0.5, 0.6) is 0 Å². The van der Waals surface area contributed by atoms with Crippen LogP contribution >= 0.6 is 0 Å². The number of β-amino-alcohol motifs (C(OH)–C–C–N with tert-alkyl or cyclic N) is 1. The van der Waals surface area contributed by atoms with E-state index in [0.29, 0.717) is 24.7 Å². The lowest BCUT2D eigenvalue weighted by atomic mass is 9.96. The topological polar surface area (TPSA) is 91.5 Å². The Morgan fingerprint density at radius 1 is 1.57 bits per heavy atom. The zero-order valence-corrected chi connectivity index (χ0v) is 12.5. The van der Waals surface area contributed by atoms with Gasteiger partial charge in [0.1, 0.15) is 11.6 Å². The zero-order valence-electron chi connectivity index (χ0n) is 12.5. The number of hydrogen-bond donors (Lipinski definition) is 2. The molecule has 2 atom stereocenters. The van der Waals surface area contributed by atoms with E-state index in [1.165, 1.54) is 12.1 Å². The average Bonchev–Trinajstić information content (AvgIpc) is 2.47. The van der Waals surface area contributed by atoms with Gasteiger partial charge >= 0.3 is 0 Å². The summed E-state index contributed by atoms with van der Waals surface area (Å²) < 4.78 is 0. The standard InChI is InChI=1S/C14H22N4O3/c1-3-5-15-13-7-11(18(20)21)8-14(16-13)17-6-4-10(2)12(19)9-17/h7-8,10,12,19H,3-6,9H2,1-2H3,(H,15,16). The molecule has 0 aliphatic carbocycles. The van der Waals surface area contributed by atoms with Gasteiger partial charge in [0.15, 0.2) is 0 Å². The Kier molecular flexibility index (Phi) is 4.95. The molecule has 1 aliphatic heterocycles. The monoisotopic (exact) mass is 294 g/mol. The molecule has 1 aromatic heterocycles. The minimum Gasteiger partial charge on any atom is -0.391 e. The maximum atomic E-state index is 11.1. The Hall–Kier alpha value is -1.89. The van der Waals surface area contributed by atoms with Gasteiger partial charge in [0.2, 0.25) is 0 Å². The number of nitrogens with zero attached hydrogens (tertiary/aromatic N) is 3. The molecular formula is C14H22N4O3. The van der Waals surface area contributed by atoms with E-state index in [1.54, 1.807) is 0 Å². The number of aliphatic hydroxyl groups excluding tert-OH is 1. The smallest absolute Gasteiger partial charge is 0.276 e. The van der Waals surface area contributed by atoms with E-state index in [0.717, 1.165) is 19.4 Å². The Labute approximate surface area is 124 Å². The minimum absolute atomic E-state index is 0.0201. The molecule has 0 amide bonds. The van der Waals surface area contributed by atoms with Crippen LogP contribution in [0.15, 0.2) is 12.1 Å². The van der Waals surface area contributed by atoms with Crippen LogP contribution in [-0.4, -0.2) is 40.8 Å². The van der Waals surface area contributed by atoms with E-state index in [1.807, 2.05) is 18.7 Å². The van der Waals surface area contributed by atoms with Crippen molar-refractivity contribution in [2.45, 2.75) is 32.8 Å². The van der Waals surface area contributed by atoms with Gasteiger partial charge in [0.25, 0.3) is 5.69 Å². The molecule has 2 heterocycles. The van der Waals surface area contributed by atoms with Crippen molar-refractivity contribution in [1.82, 2.24) is 4.98 Å². The largest absolute Gasteiger partial charge is 0.391 e. The predicted molar refractivity (Wildman–Crippen MR) is 81.7 cm³/mol. The maximum absolute atomic E-state index is 11.1. The molecule has 1 fully saturated rings. The summed E-state index contributed by atoms with van der Waals surface area (Å²) in [7, 11) is 0. The van der Waals surface area contributed by atoms with E-state index in [9.17, 15) is 15.2 Å². The summed E-state index contributed by atoms with van der Waals surface area (Å²) in [6, 6.07) is 2.92. The lowest BCUT2D eigenvalue weighted by Crippen LogP contribution is -2.43. The highest BCUT2D eigenvalue weighted by Gasteiger charge is 2.26. The molecule has 0 bridgehead atoms. The average molecular weight is 294 g/mol. The van der Waals surface area contributed by atoms with Crippen LogP contribution in [0.2, 0.25) is 0 Å². The number of rotatable bonds is 5. The Bertz CT molecular complexity index is 509. The van der Waals surface area contributed by atoms with Gasteiger partial charge in [-0.2, -0.15) is 0 Å². The Morgan fingerprint density at radius 3 is 2.95 bits per heavy atom. The number of nitrogens with one attached hydrogen (secondary N) is 1. The molecule has 1 aromatic rings. The van der Waals surface area contributed by atoms with Gasteiger partial charge in [0, 0.05) is 19.6 Å². The van der Waals surface area contributed by atoms with Crippen LogP contribution < -0.4 is 10.2 Å². The first-order chi connectivity index (χ1) is 10.0. The highest BCUT2D eigenvalue weighted by Crippen LogP contribution is 2.27. The lowest BCUT2D eigenvalue weighted by molar-refractivity contribution is -0.384. The lowest BCUT2D eigenvalue weighted by Gasteiger charge is -2.35. The van der Waals surface area contributed by atoms with Crippen LogP contribution in [0.4, 0.5) is 17.3 Å². The number of aromatic nitrogens is 1. The number of piperidine rings is 1. The fraction of sp³-hybridized carbons (Fsp3) is 0.643. The summed E-state index contributed by atoms with van der Waals surface area (Å²) in [5.41, 5.74) is 0.0201. The van der Waals surface area contributed by atoms with Gasteiger partial charge < -0.3 is 15.3 Å². The van der Waals surface area contributed by atoms with E-state index in [-0.39, 0.29) is 11.6 Å². The van der Waals surface area contributed by atoms with Gasteiger partial charge in [-0.05, 0) is 18.8 Å². The highest BCUT2D eigenvalue weighted by molar-refractivity contribution is 5.56. The molecule has 2 N–H and O–H groups in total. The van der Waals surface area contributed by atoms with Crippen molar-refractivity contribution in [1.29, 1.82) is 0 Å². The first kappa shape index (κ1) is 15.5. The molecule has 7 nitrogen and oxygen atoms in total. The van der Waals surface area contributed by atoms with Crippen LogP contribution in [-0.2, 0) is 0 Å². The third-order valence-corrected chi connectivity index (χ3v) is 3.81. The number of anilines is 2. The second-order valence-corrected chi connectivity index (χ2v) is 5.53. The second-order valence-electron chi connectivity index (χ2n) is 5.53. The van der Waals surface area contributed by atoms with E-state index < -0.39 is 11.0 Å². The molecule has 0 spiro atoms. The third-order valence-electron chi connectivity index (χ3n) is 3.81. The number of hydrogen-bond acceptors (Lipinski definition) is 6. The molecule has 0 aromatic carbocycles. The van der Waals surface area contributed by atoms with Crippen molar-refractivity contribution >= 4 is 17.3 Å². The number of nitro groups is 1. The highest BCUT2D eigenvalue weighted by atomic mass is 16.6. The molecular weight excluding hydrogens is 272 g/mol. The summed E-state index contributed by atoms with van der Waals surface area (Å²) in [5.74, 6) is 1.31. The fourth-order valence-electron chi connectivity index (χ4n) is 2.37. The third kappa shape index (κ3) is 3.81. The van der Waals surface area contributed by atoms with E-state index in [2.05, 4.69) is 10.3 Å². The van der Waals surface area contributed by atoms with Gasteiger partial charge in [-0.25, -0.2) is 4.98 Å². The van der Waals surface area contributed by atoms with Crippen molar-refractivity contribution in [3.8, 4) is 0 Å². The number of aliphatic hydroxyl groups is 1. The predicted octanol–water partition coefficient (Wildman–Crippen LogP) is 2.02. The Morgan fingerprint density at radius 2 is 2.33 bits per heavy atom. The summed E-state index contributed by atoms with van der Waals surface area (Å²) in [6.07, 6.45) is 1.34. The number of pyridine rings is 1. The molecule has 1 saturated heterocycles. The van der Waals surface area contributed by atoms with Gasteiger partial charge in [-0.15, -0.1) is 0 Å². The summed E-state index contributed by atoms with van der Waals surface area (Å²) in [4.78, 5) is 17.0. The van der Waals surface area contributed by atoms with Crippen molar-refractivity contribution in [3.05, 3.63) is 22.2 Å². The van der Waals surface area contributed by atoms with Crippen LogP contribution in [0.3, 0.4) is 0 Å². The molecule has 0 radical (unpaired) electrons. The molecule has 0 saturated carbocycles. The SMILES string of the molecule is CCCNc1cc([N+](=O)[O-])cc(N2CCC(C)C(O)C2)n1. The van der Waals surface area contributed by atoms with Crippen molar-refractivity contribution in [2.75, 3.05) is 29.9 Å². The quantitative estimate of drug-likeness (QED) is 0.637. The summed E-state index contributed by atoms with van der Waals surface area (Å²) in [5, 5.41) is 24.1. The van der Waals surface area contributed by atoms with Gasteiger partial charge in [-0.1, -0.05) is 13.8 Å². The van der Waals surface area contributed by atoms with Crippen LogP contribution in [0.1, 0.15) is 26.7 Å². The first-order valence-corrected chi connectivity index (χ1v) is 7.34. The van der Waals surface area contributed by atoms with Crippen molar-refractivity contribution in [3.63, 3.8) is 0 Å². The first-order valence-electron chi connectivity index (χ1n) is 7.34. The maximum Gasteiger partial charge on any atom is 0.276 e. The minimum atomic E-state index is -0.424.